The molecule has 2 N–H and O–H groups in total. The molecule has 1 unspecified atom stereocenters. The molecule has 0 aromatic heterocycles. The van der Waals surface area contributed by atoms with Gasteiger partial charge in [-0.25, -0.2) is 0 Å². The van der Waals surface area contributed by atoms with E-state index >= 15 is 0 Å². The molecule has 0 radical (unpaired) electrons. The molecule has 16 heavy (non-hydrogen) atoms. The highest BCUT2D eigenvalue weighted by Gasteiger charge is 2.23. The second-order valence-electron chi connectivity index (χ2n) is 5.49. The van der Waals surface area contributed by atoms with Crippen molar-refractivity contribution in [3.63, 3.8) is 0 Å². The Kier molecular flexibility index (Phi) is 5.73. The SMILES string of the molecule is COC(C)(C)CCN1CCCCCC1CN. The maximum atomic E-state index is 5.86. The third-order valence-electron chi connectivity index (χ3n) is 3.82. The average molecular weight is 228 g/mol. The van der Waals surface area contributed by atoms with Crippen LogP contribution in [0.4, 0.5) is 0 Å². The van der Waals surface area contributed by atoms with Crippen LogP contribution in [0.3, 0.4) is 0 Å². The quantitative estimate of drug-likeness (QED) is 0.782. The smallest absolute Gasteiger partial charge is 0.0634 e. The highest BCUT2D eigenvalue weighted by atomic mass is 16.5. The zero-order valence-electron chi connectivity index (χ0n) is 11.2. The van der Waals surface area contributed by atoms with E-state index in [0.717, 1.165) is 19.5 Å². The highest BCUT2D eigenvalue weighted by molar-refractivity contribution is 4.79. The number of ether oxygens (including phenoxy) is 1. The molecule has 1 heterocycles. The number of rotatable bonds is 5. The van der Waals surface area contributed by atoms with Crippen LogP contribution in [0, 0.1) is 0 Å². The third kappa shape index (κ3) is 4.40. The van der Waals surface area contributed by atoms with E-state index in [0.29, 0.717) is 6.04 Å². The first kappa shape index (κ1) is 13.9. The van der Waals surface area contributed by atoms with E-state index in [-0.39, 0.29) is 5.60 Å². The summed E-state index contributed by atoms with van der Waals surface area (Å²) in [6.45, 7) is 7.43. The van der Waals surface area contributed by atoms with Crippen molar-refractivity contribution in [1.29, 1.82) is 0 Å². The fourth-order valence-corrected chi connectivity index (χ4v) is 2.31. The van der Waals surface area contributed by atoms with Crippen molar-refractivity contribution in [2.24, 2.45) is 5.73 Å². The first-order chi connectivity index (χ1) is 7.59. The molecule has 0 aromatic carbocycles. The van der Waals surface area contributed by atoms with Crippen molar-refractivity contribution in [3.8, 4) is 0 Å². The van der Waals surface area contributed by atoms with E-state index in [9.17, 15) is 0 Å². The number of hydrogen-bond acceptors (Lipinski definition) is 3. The zero-order valence-corrected chi connectivity index (χ0v) is 11.2. The van der Waals surface area contributed by atoms with E-state index in [1.54, 1.807) is 7.11 Å². The van der Waals surface area contributed by atoms with Crippen LogP contribution in [0.25, 0.3) is 0 Å². The Morgan fingerprint density at radius 2 is 2.06 bits per heavy atom. The lowest BCUT2D eigenvalue weighted by Gasteiger charge is -2.32. The summed E-state index contributed by atoms with van der Waals surface area (Å²) < 4.78 is 5.47. The van der Waals surface area contributed by atoms with E-state index in [4.69, 9.17) is 10.5 Å². The molecule has 0 saturated carbocycles. The normalized spacial score (nSPS) is 24.4. The van der Waals surface area contributed by atoms with Crippen LogP contribution in [0.5, 0.6) is 0 Å². The molecular formula is C13H28N2O. The van der Waals surface area contributed by atoms with Gasteiger partial charge in [0.2, 0.25) is 0 Å². The molecule has 3 nitrogen and oxygen atoms in total. The van der Waals surface area contributed by atoms with Gasteiger partial charge >= 0.3 is 0 Å². The zero-order chi connectivity index (χ0) is 12.0. The van der Waals surface area contributed by atoms with Crippen LogP contribution in [0.2, 0.25) is 0 Å². The van der Waals surface area contributed by atoms with Gasteiger partial charge in [0.05, 0.1) is 5.60 Å². The summed E-state index contributed by atoms with van der Waals surface area (Å²) in [5.74, 6) is 0. The van der Waals surface area contributed by atoms with Gasteiger partial charge in [0.15, 0.2) is 0 Å². The van der Waals surface area contributed by atoms with Gasteiger partial charge in [-0.2, -0.15) is 0 Å². The average Bonchev–Trinajstić information content (AvgIpc) is 2.51. The molecule has 1 saturated heterocycles. The molecule has 0 amide bonds. The van der Waals surface area contributed by atoms with Gasteiger partial charge in [-0.1, -0.05) is 12.8 Å². The predicted molar refractivity (Wildman–Crippen MR) is 68.6 cm³/mol. The molecular weight excluding hydrogens is 200 g/mol. The van der Waals surface area contributed by atoms with Crippen molar-refractivity contribution in [2.45, 2.75) is 57.6 Å². The van der Waals surface area contributed by atoms with Crippen LogP contribution >= 0.6 is 0 Å². The minimum atomic E-state index is -0.00848. The topological polar surface area (TPSA) is 38.5 Å². The Bertz CT molecular complexity index is 194. The van der Waals surface area contributed by atoms with E-state index < -0.39 is 0 Å². The fraction of sp³-hybridized carbons (Fsp3) is 1.00. The van der Waals surface area contributed by atoms with Gasteiger partial charge in [0.25, 0.3) is 0 Å². The lowest BCUT2D eigenvalue weighted by molar-refractivity contribution is 0.00437. The van der Waals surface area contributed by atoms with Gasteiger partial charge in [-0.05, 0) is 39.7 Å². The Balaban J connectivity index is 2.42. The maximum absolute atomic E-state index is 5.86. The fourth-order valence-electron chi connectivity index (χ4n) is 2.31. The van der Waals surface area contributed by atoms with Gasteiger partial charge < -0.3 is 10.5 Å². The van der Waals surface area contributed by atoms with Crippen LogP contribution in [0.1, 0.15) is 46.0 Å². The predicted octanol–water partition coefficient (Wildman–Crippen LogP) is 2.00. The molecule has 0 bridgehead atoms. The molecule has 0 spiro atoms. The van der Waals surface area contributed by atoms with Crippen LogP contribution < -0.4 is 5.73 Å². The molecule has 1 aliphatic rings. The lowest BCUT2D eigenvalue weighted by atomic mass is 10.0. The van der Waals surface area contributed by atoms with Crippen molar-refractivity contribution < 1.29 is 4.74 Å². The summed E-state index contributed by atoms with van der Waals surface area (Å²) in [6.07, 6.45) is 6.38. The minimum Gasteiger partial charge on any atom is -0.379 e. The van der Waals surface area contributed by atoms with Gasteiger partial charge in [0, 0.05) is 26.2 Å². The van der Waals surface area contributed by atoms with Crippen molar-refractivity contribution in [2.75, 3.05) is 26.7 Å². The highest BCUT2D eigenvalue weighted by Crippen LogP contribution is 2.19. The molecule has 3 heteroatoms. The van der Waals surface area contributed by atoms with Gasteiger partial charge in [-0.3, -0.25) is 4.90 Å². The summed E-state index contributed by atoms with van der Waals surface area (Å²) in [5, 5.41) is 0. The van der Waals surface area contributed by atoms with E-state index in [1.165, 1.54) is 32.2 Å². The first-order valence-electron chi connectivity index (χ1n) is 6.58. The second-order valence-corrected chi connectivity index (χ2v) is 5.49. The lowest BCUT2D eigenvalue weighted by Crippen LogP contribution is -2.42. The molecule has 96 valence electrons. The summed E-state index contributed by atoms with van der Waals surface area (Å²) in [7, 11) is 1.79. The maximum Gasteiger partial charge on any atom is 0.0634 e. The van der Waals surface area contributed by atoms with Crippen LogP contribution in [-0.4, -0.2) is 43.3 Å². The number of likely N-dealkylation sites (tertiary alicyclic amines) is 1. The Labute approximate surface area is 100 Å². The molecule has 1 rings (SSSR count). The molecule has 0 aliphatic carbocycles. The number of methoxy groups -OCH3 is 1. The van der Waals surface area contributed by atoms with Crippen molar-refractivity contribution >= 4 is 0 Å². The van der Waals surface area contributed by atoms with E-state index in [1.807, 2.05) is 0 Å². The summed E-state index contributed by atoms with van der Waals surface area (Å²) in [5.41, 5.74) is 5.85. The molecule has 1 fully saturated rings. The molecule has 1 aliphatic heterocycles. The van der Waals surface area contributed by atoms with Gasteiger partial charge in [0.1, 0.15) is 0 Å². The number of hydrogen-bond donors (Lipinski definition) is 1. The summed E-state index contributed by atoms with van der Waals surface area (Å²) in [6, 6.07) is 0.593. The molecule has 1 atom stereocenters. The van der Waals surface area contributed by atoms with Crippen molar-refractivity contribution in [1.82, 2.24) is 4.90 Å². The Hall–Kier alpha value is -0.120. The second kappa shape index (κ2) is 6.58. The van der Waals surface area contributed by atoms with Gasteiger partial charge in [-0.15, -0.1) is 0 Å². The standard InChI is InChI=1S/C13H28N2O/c1-13(2,16-3)8-10-15-9-6-4-5-7-12(15)11-14/h12H,4-11,14H2,1-3H3. The molecule has 0 aromatic rings. The van der Waals surface area contributed by atoms with Crippen LogP contribution in [-0.2, 0) is 4.74 Å². The van der Waals surface area contributed by atoms with Crippen molar-refractivity contribution in [3.05, 3.63) is 0 Å². The van der Waals surface area contributed by atoms with E-state index in [2.05, 4.69) is 18.7 Å². The number of nitrogens with two attached hydrogens (primary N) is 1. The minimum absolute atomic E-state index is 0.00848. The largest absolute Gasteiger partial charge is 0.379 e. The Morgan fingerprint density at radius 3 is 2.69 bits per heavy atom. The number of nitrogens with zero attached hydrogens (tertiary/aromatic N) is 1. The summed E-state index contributed by atoms with van der Waals surface area (Å²) in [4.78, 5) is 2.56. The monoisotopic (exact) mass is 228 g/mol. The third-order valence-corrected chi connectivity index (χ3v) is 3.82. The summed E-state index contributed by atoms with van der Waals surface area (Å²) >= 11 is 0. The Morgan fingerprint density at radius 1 is 1.31 bits per heavy atom. The van der Waals surface area contributed by atoms with Crippen LogP contribution in [0.15, 0.2) is 0 Å². The first-order valence-corrected chi connectivity index (χ1v) is 6.58.